The van der Waals surface area contributed by atoms with E-state index in [2.05, 4.69) is 13.2 Å². The molecule has 0 atom stereocenters. The van der Waals surface area contributed by atoms with E-state index in [-0.39, 0.29) is 6.42 Å². The van der Waals surface area contributed by atoms with Gasteiger partial charge in [0.05, 0.1) is 5.41 Å². The molecule has 0 radical (unpaired) electrons. The van der Waals surface area contributed by atoms with Crippen LogP contribution in [0.1, 0.15) is 19.4 Å². The molecule has 0 saturated heterocycles. The summed E-state index contributed by atoms with van der Waals surface area (Å²) in [6, 6.07) is 5.16. The molecule has 0 heterocycles. The van der Waals surface area contributed by atoms with Crippen molar-refractivity contribution >= 4 is 12.7 Å². The summed E-state index contributed by atoms with van der Waals surface area (Å²) in [5, 5.41) is 1.59. The van der Waals surface area contributed by atoms with E-state index in [0.29, 0.717) is 5.56 Å². The van der Waals surface area contributed by atoms with Crippen molar-refractivity contribution < 1.29 is 13.2 Å². The van der Waals surface area contributed by atoms with Gasteiger partial charge in [-0.15, -0.1) is 0 Å². The minimum Gasteiger partial charge on any atom is -0.171 e. The standard InChI is InChI=1S/C15H17F3/c1-5-6-13-9-12(8-7-11(13)2)10-14(3,4)15(16,17)18/h5-9H,1-2,10H2,3-4H3/b13-6-. The first-order valence-corrected chi connectivity index (χ1v) is 5.65. The number of benzene rings is 1. The van der Waals surface area contributed by atoms with Crippen molar-refractivity contribution in [2.24, 2.45) is 5.41 Å². The van der Waals surface area contributed by atoms with Crippen molar-refractivity contribution in [3.63, 3.8) is 0 Å². The van der Waals surface area contributed by atoms with Crippen LogP contribution in [0.4, 0.5) is 13.2 Å². The summed E-state index contributed by atoms with van der Waals surface area (Å²) >= 11 is 0. The van der Waals surface area contributed by atoms with Gasteiger partial charge in [0, 0.05) is 0 Å². The van der Waals surface area contributed by atoms with Crippen LogP contribution in [0.5, 0.6) is 0 Å². The SMILES string of the molecule is C=C/C=c1/cc(CC(C)(C)C(F)(F)F)ccc1=C. The number of hydrogen-bond acceptors (Lipinski definition) is 0. The Balaban J connectivity index is 3.15. The minimum atomic E-state index is -4.21. The Morgan fingerprint density at radius 2 is 1.83 bits per heavy atom. The summed E-state index contributed by atoms with van der Waals surface area (Å²) in [6.07, 6.45) is -0.914. The Kier molecular flexibility index (Phi) is 4.05. The molecular weight excluding hydrogens is 237 g/mol. The first kappa shape index (κ1) is 14.6. The number of rotatable bonds is 3. The Bertz CT molecular complexity index is 536. The molecule has 98 valence electrons. The van der Waals surface area contributed by atoms with Crippen LogP contribution in [0.15, 0.2) is 30.9 Å². The van der Waals surface area contributed by atoms with Gasteiger partial charge in [-0.3, -0.25) is 0 Å². The zero-order valence-electron chi connectivity index (χ0n) is 10.6. The molecule has 0 unspecified atom stereocenters. The quantitative estimate of drug-likeness (QED) is 0.777. The second kappa shape index (κ2) is 5.01. The van der Waals surface area contributed by atoms with Crippen LogP contribution in [-0.2, 0) is 6.42 Å². The van der Waals surface area contributed by atoms with Crippen LogP contribution in [0.3, 0.4) is 0 Å². The van der Waals surface area contributed by atoms with Crippen LogP contribution in [0.2, 0.25) is 0 Å². The van der Waals surface area contributed by atoms with Gasteiger partial charge in [-0.1, -0.05) is 57.4 Å². The first-order valence-electron chi connectivity index (χ1n) is 5.65. The van der Waals surface area contributed by atoms with Crippen LogP contribution in [0.25, 0.3) is 12.7 Å². The average molecular weight is 254 g/mol. The highest BCUT2D eigenvalue weighted by Crippen LogP contribution is 2.39. The van der Waals surface area contributed by atoms with Crippen molar-refractivity contribution in [1.82, 2.24) is 0 Å². The van der Waals surface area contributed by atoms with Gasteiger partial charge in [-0.25, -0.2) is 0 Å². The van der Waals surface area contributed by atoms with Crippen molar-refractivity contribution in [2.75, 3.05) is 0 Å². The third kappa shape index (κ3) is 3.25. The molecule has 0 aliphatic heterocycles. The number of allylic oxidation sites excluding steroid dienone is 1. The van der Waals surface area contributed by atoms with Crippen LogP contribution >= 0.6 is 0 Å². The summed E-state index contributed by atoms with van der Waals surface area (Å²) in [4.78, 5) is 0. The molecule has 0 spiro atoms. The molecule has 3 heteroatoms. The lowest BCUT2D eigenvalue weighted by atomic mass is 9.85. The molecule has 0 amide bonds. The van der Waals surface area contributed by atoms with Gasteiger partial charge in [0.1, 0.15) is 0 Å². The maximum absolute atomic E-state index is 12.8. The molecular formula is C15H17F3. The second-order valence-corrected chi connectivity index (χ2v) is 4.99. The molecule has 1 aromatic carbocycles. The maximum atomic E-state index is 12.8. The van der Waals surface area contributed by atoms with Crippen LogP contribution < -0.4 is 10.4 Å². The fourth-order valence-corrected chi connectivity index (χ4v) is 1.65. The molecule has 1 rings (SSSR count). The van der Waals surface area contributed by atoms with Crippen molar-refractivity contribution in [2.45, 2.75) is 26.4 Å². The van der Waals surface area contributed by atoms with E-state index in [9.17, 15) is 13.2 Å². The minimum absolute atomic E-state index is 0.0469. The van der Waals surface area contributed by atoms with Crippen LogP contribution in [-0.4, -0.2) is 6.18 Å². The van der Waals surface area contributed by atoms with E-state index in [1.54, 1.807) is 30.4 Å². The summed E-state index contributed by atoms with van der Waals surface area (Å²) in [5.41, 5.74) is -1.08. The Morgan fingerprint density at radius 1 is 1.22 bits per heavy atom. The average Bonchev–Trinajstić information content (AvgIpc) is 2.21. The van der Waals surface area contributed by atoms with Gasteiger partial charge in [-0.05, 0) is 22.4 Å². The van der Waals surface area contributed by atoms with E-state index in [1.165, 1.54) is 13.8 Å². The third-order valence-electron chi connectivity index (χ3n) is 2.92. The lowest BCUT2D eigenvalue weighted by Gasteiger charge is -2.27. The van der Waals surface area contributed by atoms with Gasteiger partial charge < -0.3 is 0 Å². The molecule has 0 N–H and O–H groups in total. The molecule has 18 heavy (non-hydrogen) atoms. The van der Waals surface area contributed by atoms with Gasteiger partial charge >= 0.3 is 6.18 Å². The predicted molar refractivity (Wildman–Crippen MR) is 69.4 cm³/mol. The molecule has 0 nitrogen and oxygen atoms in total. The van der Waals surface area contributed by atoms with Gasteiger partial charge in [0.15, 0.2) is 0 Å². The highest BCUT2D eigenvalue weighted by atomic mass is 19.4. The monoisotopic (exact) mass is 254 g/mol. The highest BCUT2D eigenvalue weighted by Gasteiger charge is 2.46. The zero-order valence-corrected chi connectivity index (χ0v) is 10.6. The highest BCUT2D eigenvalue weighted by molar-refractivity contribution is 5.38. The molecule has 0 bridgehead atoms. The number of halogens is 3. The first-order chi connectivity index (χ1) is 8.17. The summed E-state index contributed by atoms with van der Waals surface area (Å²) in [5.74, 6) is 0. The van der Waals surface area contributed by atoms with E-state index in [4.69, 9.17) is 0 Å². The fourth-order valence-electron chi connectivity index (χ4n) is 1.65. The van der Waals surface area contributed by atoms with Crippen LogP contribution in [0, 0.1) is 5.41 Å². The second-order valence-electron chi connectivity index (χ2n) is 4.99. The lowest BCUT2D eigenvalue weighted by molar-refractivity contribution is -0.211. The Labute approximate surface area is 105 Å². The lowest BCUT2D eigenvalue weighted by Crippen LogP contribution is -2.35. The van der Waals surface area contributed by atoms with Gasteiger partial charge in [0.25, 0.3) is 0 Å². The number of alkyl halides is 3. The molecule has 0 aliphatic rings. The van der Waals surface area contributed by atoms with Crippen molar-refractivity contribution in [3.05, 3.63) is 46.9 Å². The van der Waals surface area contributed by atoms with Gasteiger partial charge in [-0.2, -0.15) is 13.2 Å². The topological polar surface area (TPSA) is 0 Å². The number of hydrogen-bond donors (Lipinski definition) is 0. The maximum Gasteiger partial charge on any atom is 0.394 e. The summed E-state index contributed by atoms with van der Waals surface area (Å²) in [6.45, 7) is 9.82. The Hall–Kier alpha value is -1.51. The zero-order chi connectivity index (χ0) is 14.0. The van der Waals surface area contributed by atoms with E-state index < -0.39 is 11.6 Å². The normalized spacial score (nSPS) is 13.7. The van der Waals surface area contributed by atoms with Crippen molar-refractivity contribution in [3.8, 4) is 0 Å². The molecule has 0 aromatic heterocycles. The largest absolute Gasteiger partial charge is 0.394 e. The molecule has 0 saturated carbocycles. The third-order valence-corrected chi connectivity index (χ3v) is 2.92. The van der Waals surface area contributed by atoms with E-state index in [1.807, 2.05) is 0 Å². The summed E-state index contributed by atoms with van der Waals surface area (Å²) in [7, 11) is 0. The van der Waals surface area contributed by atoms with Gasteiger partial charge in [0.2, 0.25) is 0 Å². The van der Waals surface area contributed by atoms with Crippen molar-refractivity contribution in [1.29, 1.82) is 0 Å². The molecule has 0 aliphatic carbocycles. The van der Waals surface area contributed by atoms with E-state index in [0.717, 1.165) is 10.4 Å². The summed E-state index contributed by atoms with van der Waals surface area (Å²) < 4.78 is 38.4. The smallest absolute Gasteiger partial charge is 0.171 e. The molecule has 1 aromatic rings. The van der Waals surface area contributed by atoms with E-state index >= 15 is 0 Å². The Morgan fingerprint density at radius 3 is 2.33 bits per heavy atom. The molecule has 0 fully saturated rings. The fraction of sp³-hybridized carbons (Fsp3) is 0.333. The predicted octanol–water partition coefficient (Wildman–Crippen LogP) is 3.19.